The third-order valence-corrected chi connectivity index (χ3v) is 2.52. The molecule has 1 unspecified atom stereocenters. The Labute approximate surface area is 89.4 Å². The van der Waals surface area contributed by atoms with Crippen LogP contribution < -0.4 is 0 Å². The van der Waals surface area contributed by atoms with Gasteiger partial charge in [-0.25, -0.2) is 8.78 Å². The van der Waals surface area contributed by atoms with E-state index >= 15 is 0 Å². The first-order valence-corrected chi connectivity index (χ1v) is 4.75. The maximum atomic E-state index is 12.7. The molecule has 1 aliphatic rings. The maximum absolute atomic E-state index is 12.7. The molecule has 7 heteroatoms. The largest absolute Gasteiger partial charge is 0.383 e. The summed E-state index contributed by atoms with van der Waals surface area (Å²) in [7, 11) is 0. The van der Waals surface area contributed by atoms with E-state index in [2.05, 4.69) is 0 Å². The lowest BCUT2D eigenvalue weighted by molar-refractivity contribution is -0.182. The van der Waals surface area contributed by atoms with Crippen molar-refractivity contribution in [2.24, 2.45) is 5.92 Å². The number of Topliss-reactive ketones (excluding diaryl/α,β-unsaturated/α-hetero) is 1. The van der Waals surface area contributed by atoms with Crippen LogP contribution >= 0.6 is 0 Å². The molecule has 1 aliphatic heterocycles. The molecule has 1 rings (SSSR count). The minimum atomic E-state index is -4.67. The van der Waals surface area contributed by atoms with Crippen molar-refractivity contribution in [3.05, 3.63) is 0 Å². The summed E-state index contributed by atoms with van der Waals surface area (Å²) in [4.78, 5) is 22.8. The molecule has 0 N–H and O–H groups in total. The third kappa shape index (κ3) is 2.33. The molecule has 0 spiro atoms. The highest BCUT2D eigenvalue weighted by Gasteiger charge is 2.51. The van der Waals surface area contributed by atoms with Gasteiger partial charge in [0, 0.05) is 25.4 Å². The fourth-order valence-corrected chi connectivity index (χ4v) is 1.50. The summed E-state index contributed by atoms with van der Waals surface area (Å²) in [5.41, 5.74) is 0. The van der Waals surface area contributed by atoms with E-state index in [1.807, 2.05) is 0 Å². The van der Waals surface area contributed by atoms with Crippen LogP contribution in [0.4, 0.5) is 17.6 Å². The Morgan fingerprint density at radius 1 is 1.50 bits per heavy atom. The van der Waals surface area contributed by atoms with Crippen molar-refractivity contribution in [2.75, 3.05) is 13.1 Å². The van der Waals surface area contributed by atoms with Gasteiger partial charge in [0.1, 0.15) is 5.78 Å². The summed E-state index contributed by atoms with van der Waals surface area (Å²) in [6, 6.07) is 0. The van der Waals surface area contributed by atoms with Crippen molar-refractivity contribution >= 4 is 11.7 Å². The fraction of sp³-hybridized carbons (Fsp3) is 0.778. The summed E-state index contributed by atoms with van der Waals surface area (Å²) in [6.45, 7) is 1.03. The normalized spacial score (nSPS) is 22.8. The lowest BCUT2D eigenvalue weighted by atomic mass is 9.98. The second-order valence-electron chi connectivity index (χ2n) is 3.79. The van der Waals surface area contributed by atoms with Gasteiger partial charge in [-0.2, -0.15) is 8.78 Å². The second kappa shape index (κ2) is 4.39. The number of hydrogen-bond acceptors (Lipinski definition) is 2. The lowest BCUT2D eigenvalue weighted by Gasteiger charge is -2.32. The van der Waals surface area contributed by atoms with Gasteiger partial charge >= 0.3 is 12.3 Å². The molecule has 1 amide bonds. The zero-order chi connectivity index (χ0) is 12.5. The Morgan fingerprint density at radius 3 is 2.50 bits per heavy atom. The average Bonchev–Trinajstić information content (AvgIpc) is 2.20. The van der Waals surface area contributed by atoms with E-state index in [0.29, 0.717) is 4.90 Å². The molecule has 0 radical (unpaired) electrons. The van der Waals surface area contributed by atoms with Gasteiger partial charge in [-0.05, 0) is 0 Å². The number of piperidine rings is 1. The van der Waals surface area contributed by atoms with Gasteiger partial charge < -0.3 is 4.90 Å². The summed E-state index contributed by atoms with van der Waals surface area (Å²) in [5, 5.41) is 0. The fourth-order valence-electron chi connectivity index (χ4n) is 1.50. The highest BCUT2D eigenvalue weighted by molar-refractivity contribution is 5.88. The zero-order valence-corrected chi connectivity index (χ0v) is 8.55. The maximum Gasteiger partial charge on any atom is 0.383 e. The van der Waals surface area contributed by atoms with E-state index in [0.717, 1.165) is 0 Å². The number of alkyl halides is 4. The number of carbonyl (C=O) groups excluding carboxylic acids is 2. The number of amides is 1. The number of ketones is 1. The highest BCUT2D eigenvalue weighted by Crippen LogP contribution is 2.27. The van der Waals surface area contributed by atoms with Crippen LogP contribution in [0.1, 0.15) is 13.3 Å². The number of nitrogens with zero attached hydrogens (tertiary/aromatic N) is 1. The van der Waals surface area contributed by atoms with Crippen molar-refractivity contribution < 1.29 is 27.2 Å². The highest BCUT2D eigenvalue weighted by atomic mass is 19.3. The van der Waals surface area contributed by atoms with Crippen molar-refractivity contribution in [3.8, 4) is 0 Å². The van der Waals surface area contributed by atoms with E-state index in [-0.39, 0.29) is 25.3 Å². The predicted molar refractivity (Wildman–Crippen MR) is 46.3 cm³/mol. The van der Waals surface area contributed by atoms with E-state index in [1.165, 1.54) is 6.92 Å². The van der Waals surface area contributed by atoms with E-state index in [1.54, 1.807) is 0 Å². The van der Waals surface area contributed by atoms with Crippen LogP contribution in [-0.2, 0) is 9.59 Å². The second-order valence-corrected chi connectivity index (χ2v) is 3.79. The van der Waals surface area contributed by atoms with Crippen LogP contribution in [0.5, 0.6) is 0 Å². The average molecular weight is 241 g/mol. The minimum absolute atomic E-state index is 0.0633. The lowest BCUT2D eigenvalue weighted by Crippen LogP contribution is -2.52. The van der Waals surface area contributed by atoms with Crippen molar-refractivity contribution in [3.63, 3.8) is 0 Å². The number of hydrogen-bond donors (Lipinski definition) is 0. The molecule has 16 heavy (non-hydrogen) atoms. The van der Waals surface area contributed by atoms with E-state index in [4.69, 9.17) is 0 Å². The molecule has 0 aliphatic carbocycles. The summed E-state index contributed by atoms with van der Waals surface area (Å²) < 4.78 is 49.3. The Hall–Kier alpha value is -1.14. The number of likely N-dealkylation sites (tertiary alicyclic amines) is 1. The van der Waals surface area contributed by atoms with Crippen molar-refractivity contribution in [2.45, 2.75) is 25.7 Å². The minimum Gasteiger partial charge on any atom is -0.336 e. The standard InChI is InChI=1S/C9H11F4NO2/c1-5-4-14(3-2-6(5)15)8(16)9(12,13)7(10)11/h5,7H,2-4H2,1H3. The SMILES string of the molecule is CC1CN(C(=O)C(F)(F)C(F)F)CCC1=O. The van der Waals surface area contributed by atoms with Gasteiger partial charge in [-0.3, -0.25) is 9.59 Å². The molecule has 1 atom stereocenters. The van der Waals surface area contributed by atoms with E-state index < -0.39 is 24.2 Å². The molecule has 1 heterocycles. The molecule has 0 aromatic carbocycles. The predicted octanol–water partition coefficient (Wildman–Crippen LogP) is 1.32. The van der Waals surface area contributed by atoms with Crippen LogP contribution in [0.25, 0.3) is 0 Å². The topological polar surface area (TPSA) is 37.4 Å². The Balaban J connectivity index is 2.72. The smallest absolute Gasteiger partial charge is 0.336 e. The summed E-state index contributed by atoms with van der Waals surface area (Å²) in [6.07, 6.45) is -4.08. The monoisotopic (exact) mass is 241 g/mol. The van der Waals surface area contributed by atoms with Crippen LogP contribution in [0.2, 0.25) is 0 Å². The molecule has 0 aromatic rings. The van der Waals surface area contributed by atoms with Gasteiger partial charge in [0.2, 0.25) is 0 Å². The summed E-state index contributed by atoms with van der Waals surface area (Å²) >= 11 is 0. The zero-order valence-electron chi connectivity index (χ0n) is 8.55. The van der Waals surface area contributed by atoms with Crippen LogP contribution in [-0.4, -0.2) is 42.0 Å². The van der Waals surface area contributed by atoms with Gasteiger partial charge in [-0.15, -0.1) is 0 Å². The number of carbonyl (C=O) groups is 2. The Bertz CT molecular complexity index is 306. The number of rotatable bonds is 2. The van der Waals surface area contributed by atoms with Gasteiger partial charge in [0.15, 0.2) is 0 Å². The quantitative estimate of drug-likeness (QED) is 0.684. The van der Waals surface area contributed by atoms with Gasteiger partial charge in [0.25, 0.3) is 5.91 Å². The molecular formula is C9H11F4NO2. The first kappa shape index (κ1) is 12.9. The molecular weight excluding hydrogens is 230 g/mol. The Kier molecular flexibility index (Phi) is 3.54. The molecule has 1 saturated heterocycles. The van der Waals surface area contributed by atoms with Crippen LogP contribution in [0.3, 0.4) is 0 Å². The molecule has 0 saturated carbocycles. The molecule has 0 aromatic heterocycles. The summed E-state index contributed by atoms with van der Waals surface area (Å²) in [5.74, 6) is -7.29. The van der Waals surface area contributed by atoms with Crippen molar-refractivity contribution in [1.82, 2.24) is 4.90 Å². The van der Waals surface area contributed by atoms with Crippen LogP contribution in [0, 0.1) is 5.92 Å². The van der Waals surface area contributed by atoms with Crippen LogP contribution in [0.15, 0.2) is 0 Å². The van der Waals surface area contributed by atoms with Gasteiger partial charge in [-0.1, -0.05) is 6.92 Å². The number of halogens is 4. The molecule has 3 nitrogen and oxygen atoms in total. The molecule has 92 valence electrons. The molecule has 0 bridgehead atoms. The van der Waals surface area contributed by atoms with Gasteiger partial charge in [0.05, 0.1) is 0 Å². The molecule has 1 fully saturated rings. The van der Waals surface area contributed by atoms with Crippen molar-refractivity contribution in [1.29, 1.82) is 0 Å². The van der Waals surface area contributed by atoms with E-state index in [9.17, 15) is 27.2 Å². The first-order valence-electron chi connectivity index (χ1n) is 4.75. The Morgan fingerprint density at radius 2 is 2.06 bits per heavy atom. The third-order valence-electron chi connectivity index (χ3n) is 2.52. The first-order chi connectivity index (χ1) is 7.26.